The van der Waals surface area contributed by atoms with Crippen LogP contribution in [0, 0.1) is 5.92 Å². The molecule has 1 aromatic carbocycles. The number of nitrogens with zero attached hydrogens (tertiary/aromatic N) is 2. The fourth-order valence-corrected chi connectivity index (χ4v) is 4.64. The van der Waals surface area contributed by atoms with Gasteiger partial charge in [-0.1, -0.05) is 24.6 Å². The molecule has 2 aromatic rings. The predicted octanol–water partition coefficient (Wildman–Crippen LogP) is 3.17. The maximum absolute atomic E-state index is 12.7. The first kappa shape index (κ1) is 15.7. The summed E-state index contributed by atoms with van der Waals surface area (Å²) in [5, 5.41) is 4.34. The van der Waals surface area contributed by atoms with E-state index in [0.29, 0.717) is 12.0 Å². The summed E-state index contributed by atoms with van der Waals surface area (Å²) in [6, 6.07) is 10.8. The number of rotatable bonds is 3. The minimum absolute atomic E-state index is 0.0571. The van der Waals surface area contributed by atoms with Gasteiger partial charge in [-0.15, -0.1) is 0 Å². The van der Waals surface area contributed by atoms with E-state index in [1.54, 1.807) is 0 Å². The van der Waals surface area contributed by atoms with Gasteiger partial charge < -0.3 is 14.8 Å². The molecular weight excluding hydrogens is 298 g/mol. The van der Waals surface area contributed by atoms with E-state index in [9.17, 15) is 4.79 Å². The topological polar surface area (TPSA) is 37.3 Å². The van der Waals surface area contributed by atoms with Crippen LogP contribution in [0.25, 0.3) is 10.9 Å². The van der Waals surface area contributed by atoms with Crippen LogP contribution >= 0.6 is 0 Å². The van der Waals surface area contributed by atoms with Gasteiger partial charge in [-0.3, -0.25) is 4.79 Å². The van der Waals surface area contributed by atoms with E-state index in [0.717, 1.165) is 23.1 Å². The highest BCUT2D eigenvalue weighted by molar-refractivity contribution is 5.98. The molecule has 4 rings (SSSR count). The SMILES string of the molecule is Cn1c(C(=O)NC[C@H]2CCCN3CCCC[C@H]23)cc2ccccc21. The van der Waals surface area contributed by atoms with E-state index < -0.39 is 0 Å². The van der Waals surface area contributed by atoms with Crippen LogP contribution in [-0.2, 0) is 7.05 Å². The molecule has 1 aromatic heterocycles. The third-order valence-corrected chi connectivity index (χ3v) is 5.94. The third-order valence-electron chi connectivity index (χ3n) is 5.94. The summed E-state index contributed by atoms with van der Waals surface area (Å²) in [4.78, 5) is 15.3. The lowest BCUT2D eigenvalue weighted by Crippen LogP contribution is -2.51. The smallest absolute Gasteiger partial charge is 0.267 e. The van der Waals surface area contributed by atoms with Crippen molar-refractivity contribution in [2.24, 2.45) is 13.0 Å². The van der Waals surface area contributed by atoms with Crippen molar-refractivity contribution in [1.29, 1.82) is 0 Å². The maximum atomic E-state index is 12.7. The van der Waals surface area contributed by atoms with E-state index in [2.05, 4.69) is 22.3 Å². The van der Waals surface area contributed by atoms with Crippen LogP contribution in [0.4, 0.5) is 0 Å². The molecule has 2 fully saturated rings. The van der Waals surface area contributed by atoms with Crippen molar-refractivity contribution in [2.75, 3.05) is 19.6 Å². The molecule has 1 N–H and O–H groups in total. The predicted molar refractivity (Wildman–Crippen MR) is 97.2 cm³/mol. The summed E-state index contributed by atoms with van der Waals surface area (Å²) >= 11 is 0. The molecule has 0 bridgehead atoms. The zero-order valence-corrected chi connectivity index (χ0v) is 14.5. The lowest BCUT2D eigenvalue weighted by atomic mass is 9.83. The Bertz CT molecular complexity index is 734. The molecule has 24 heavy (non-hydrogen) atoms. The fraction of sp³-hybridized carbons (Fsp3) is 0.550. The Labute approximate surface area is 143 Å². The second-order valence-corrected chi connectivity index (χ2v) is 7.36. The number of aromatic nitrogens is 1. The van der Waals surface area contributed by atoms with Crippen molar-refractivity contribution in [3.63, 3.8) is 0 Å². The summed E-state index contributed by atoms with van der Waals surface area (Å²) in [6.45, 7) is 3.30. The van der Waals surface area contributed by atoms with Crippen molar-refractivity contribution in [1.82, 2.24) is 14.8 Å². The minimum Gasteiger partial charge on any atom is -0.350 e. The highest BCUT2D eigenvalue weighted by Gasteiger charge is 2.33. The Kier molecular flexibility index (Phi) is 4.31. The molecular formula is C20H27N3O. The van der Waals surface area contributed by atoms with Crippen molar-refractivity contribution in [3.8, 4) is 0 Å². The Hall–Kier alpha value is -1.81. The van der Waals surface area contributed by atoms with E-state index in [1.807, 2.05) is 29.8 Å². The summed E-state index contributed by atoms with van der Waals surface area (Å²) in [6.07, 6.45) is 6.50. The molecule has 2 saturated heterocycles. The molecule has 2 aliphatic heterocycles. The molecule has 0 spiro atoms. The van der Waals surface area contributed by atoms with Crippen molar-refractivity contribution in [3.05, 3.63) is 36.0 Å². The standard InChI is InChI=1S/C20H27N3O/c1-22-17-9-3-2-7-15(17)13-19(22)20(24)21-14-16-8-6-12-23-11-5-4-10-18(16)23/h2-3,7,9,13,16,18H,4-6,8,10-12,14H2,1H3,(H,21,24)/t16-,18-/m1/s1. The number of nitrogens with one attached hydrogen (secondary N) is 1. The zero-order chi connectivity index (χ0) is 16.5. The first-order valence-electron chi connectivity index (χ1n) is 9.31. The van der Waals surface area contributed by atoms with Gasteiger partial charge in [0.2, 0.25) is 0 Å². The largest absolute Gasteiger partial charge is 0.350 e. The van der Waals surface area contributed by atoms with Gasteiger partial charge in [-0.05, 0) is 56.8 Å². The van der Waals surface area contributed by atoms with Crippen molar-refractivity contribution in [2.45, 2.75) is 38.1 Å². The average molecular weight is 325 g/mol. The first-order valence-corrected chi connectivity index (χ1v) is 9.31. The van der Waals surface area contributed by atoms with E-state index in [4.69, 9.17) is 0 Å². The summed E-state index contributed by atoms with van der Waals surface area (Å²) in [5.41, 5.74) is 1.87. The molecule has 4 heteroatoms. The van der Waals surface area contributed by atoms with Crippen LogP contribution in [0.2, 0.25) is 0 Å². The van der Waals surface area contributed by atoms with Gasteiger partial charge in [0.25, 0.3) is 5.91 Å². The number of hydrogen-bond donors (Lipinski definition) is 1. The maximum Gasteiger partial charge on any atom is 0.267 e. The quantitative estimate of drug-likeness (QED) is 0.941. The van der Waals surface area contributed by atoms with Gasteiger partial charge in [0, 0.05) is 30.5 Å². The Morgan fingerprint density at radius 3 is 2.88 bits per heavy atom. The third kappa shape index (κ3) is 2.84. The number of carbonyl (C=O) groups excluding carboxylic acids is 1. The normalized spacial score (nSPS) is 24.7. The average Bonchev–Trinajstić information content (AvgIpc) is 2.97. The number of aryl methyl sites for hydroxylation is 1. The van der Waals surface area contributed by atoms with Gasteiger partial charge in [0.1, 0.15) is 5.69 Å². The van der Waals surface area contributed by atoms with Crippen LogP contribution in [0.15, 0.2) is 30.3 Å². The van der Waals surface area contributed by atoms with Crippen LogP contribution in [0.1, 0.15) is 42.6 Å². The number of carbonyl (C=O) groups is 1. The van der Waals surface area contributed by atoms with Gasteiger partial charge in [-0.25, -0.2) is 0 Å². The van der Waals surface area contributed by atoms with Gasteiger partial charge in [-0.2, -0.15) is 0 Å². The second kappa shape index (κ2) is 6.60. The van der Waals surface area contributed by atoms with Crippen LogP contribution in [-0.4, -0.2) is 41.1 Å². The molecule has 2 atom stereocenters. The van der Waals surface area contributed by atoms with Crippen LogP contribution < -0.4 is 5.32 Å². The number of amides is 1. The first-order chi connectivity index (χ1) is 11.7. The van der Waals surface area contributed by atoms with Gasteiger partial charge in [0.05, 0.1) is 0 Å². The molecule has 0 aliphatic carbocycles. The number of fused-ring (bicyclic) bond motifs is 2. The fourth-order valence-electron chi connectivity index (χ4n) is 4.64. The number of hydrogen-bond acceptors (Lipinski definition) is 2. The van der Waals surface area contributed by atoms with E-state index >= 15 is 0 Å². The lowest BCUT2D eigenvalue weighted by Gasteiger charge is -2.44. The molecule has 128 valence electrons. The number of piperidine rings is 2. The Balaban J connectivity index is 1.44. The monoisotopic (exact) mass is 325 g/mol. The van der Waals surface area contributed by atoms with E-state index in [-0.39, 0.29) is 5.91 Å². The zero-order valence-electron chi connectivity index (χ0n) is 14.5. The van der Waals surface area contributed by atoms with Gasteiger partial charge >= 0.3 is 0 Å². The van der Waals surface area contributed by atoms with Crippen LogP contribution in [0.3, 0.4) is 0 Å². The summed E-state index contributed by atoms with van der Waals surface area (Å²) in [7, 11) is 1.97. The lowest BCUT2D eigenvalue weighted by molar-refractivity contribution is 0.0574. The van der Waals surface area contributed by atoms with Crippen LogP contribution in [0.5, 0.6) is 0 Å². The van der Waals surface area contributed by atoms with Gasteiger partial charge in [0.15, 0.2) is 0 Å². The highest BCUT2D eigenvalue weighted by Crippen LogP contribution is 2.30. The Morgan fingerprint density at radius 2 is 2.00 bits per heavy atom. The van der Waals surface area contributed by atoms with Crippen molar-refractivity contribution >= 4 is 16.8 Å². The number of para-hydroxylation sites is 1. The second-order valence-electron chi connectivity index (χ2n) is 7.36. The summed E-state index contributed by atoms with van der Waals surface area (Å²) in [5.74, 6) is 0.666. The molecule has 0 radical (unpaired) electrons. The molecule has 3 heterocycles. The van der Waals surface area contributed by atoms with Crippen molar-refractivity contribution < 1.29 is 4.79 Å². The summed E-state index contributed by atoms with van der Waals surface area (Å²) < 4.78 is 2.00. The number of benzene rings is 1. The minimum atomic E-state index is 0.0571. The molecule has 4 nitrogen and oxygen atoms in total. The Morgan fingerprint density at radius 1 is 1.17 bits per heavy atom. The van der Waals surface area contributed by atoms with E-state index in [1.165, 1.54) is 45.2 Å². The molecule has 2 aliphatic rings. The molecule has 0 saturated carbocycles. The molecule has 1 amide bonds. The highest BCUT2D eigenvalue weighted by atomic mass is 16.1. The molecule has 0 unspecified atom stereocenters.